The minimum Gasteiger partial charge on any atom is -0.334 e. The van der Waals surface area contributed by atoms with Crippen LogP contribution in [0.25, 0.3) is 0 Å². The lowest BCUT2D eigenvalue weighted by Crippen LogP contribution is -2.52. The van der Waals surface area contributed by atoms with Crippen LogP contribution in [-0.4, -0.2) is 34.7 Å². The van der Waals surface area contributed by atoms with Gasteiger partial charge in [-0.15, -0.1) is 0 Å². The van der Waals surface area contributed by atoms with Crippen molar-refractivity contribution in [1.82, 2.24) is 15.5 Å². The van der Waals surface area contributed by atoms with Crippen LogP contribution in [0.2, 0.25) is 0 Å². The van der Waals surface area contributed by atoms with Crippen LogP contribution in [0.1, 0.15) is 59.7 Å². The van der Waals surface area contributed by atoms with Crippen LogP contribution < -0.4 is 16.0 Å². The molecule has 2 aliphatic rings. The number of rotatable bonds is 5. The van der Waals surface area contributed by atoms with Gasteiger partial charge in [0.15, 0.2) is 11.6 Å². The van der Waals surface area contributed by atoms with Crippen molar-refractivity contribution < 1.29 is 32.3 Å². The molecule has 1 fully saturated rings. The van der Waals surface area contributed by atoms with Gasteiger partial charge in [0.2, 0.25) is 11.8 Å². The summed E-state index contributed by atoms with van der Waals surface area (Å²) in [4.78, 5) is 50.1. The summed E-state index contributed by atoms with van der Waals surface area (Å²) in [6.45, 7) is 3.27. The number of imide groups is 1. The van der Waals surface area contributed by atoms with Crippen molar-refractivity contribution in [2.24, 2.45) is 0 Å². The van der Waals surface area contributed by atoms with E-state index >= 15 is 0 Å². The van der Waals surface area contributed by atoms with E-state index in [1.165, 1.54) is 17.0 Å². The number of nitrogens with zero attached hydrogens (tertiary/aromatic N) is 1. The molecule has 5 amide bonds. The van der Waals surface area contributed by atoms with Gasteiger partial charge in [-0.25, -0.2) is 18.0 Å². The largest absolute Gasteiger partial charge is 0.334 e. The molecule has 0 spiro atoms. The average Bonchev–Trinajstić information content (AvgIpc) is 3.11. The molecule has 184 valence electrons. The molecule has 1 saturated heterocycles. The van der Waals surface area contributed by atoms with Gasteiger partial charge in [-0.1, -0.05) is 13.8 Å². The standard InChI is InChI=1S/C24H23F3N4O4/c1-11(2)13-7-17(26)18(27)8-19(13)29-24(35)28-9-12-5-14-15(16(25)6-12)10-31(23(14)34)20-3-4-21(32)30-22(20)33/h5-8,11,20H,3-4,9-10H2,1-2H3,(H2,28,29,35)(H,30,32,33). The number of hydrogen-bond acceptors (Lipinski definition) is 4. The maximum atomic E-state index is 14.8. The zero-order valence-corrected chi connectivity index (χ0v) is 19.0. The quantitative estimate of drug-likeness (QED) is 0.562. The fourth-order valence-electron chi connectivity index (χ4n) is 4.27. The molecule has 1 unspecified atom stereocenters. The van der Waals surface area contributed by atoms with Gasteiger partial charge in [-0.2, -0.15) is 0 Å². The van der Waals surface area contributed by atoms with Crippen LogP contribution >= 0.6 is 0 Å². The summed E-state index contributed by atoms with van der Waals surface area (Å²) < 4.78 is 42.0. The Morgan fingerprint density at radius 3 is 2.49 bits per heavy atom. The molecular weight excluding hydrogens is 465 g/mol. The van der Waals surface area contributed by atoms with Crippen molar-refractivity contribution in [1.29, 1.82) is 0 Å². The summed E-state index contributed by atoms with van der Waals surface area (Å²) in [6.07, 6.45) is 0.239. The van der Waals surface area contributed by atoms with Gasteiger partial charge in [0.1, 0.15) is 11.9 Å². The molecule has 4 rings (SSSR count). The minimum absolute atomic E-state index is 0.0783. The highest BCUT2D eigenvalue weighted by molar-refractivity contribution is 6.05. The molecular formula is C24H23F3N4O4. The monoisotopic (exact) mass is 488 g/mol. The van der Waals surface area contributed by atoms with Gasteiger partial charge in [-0.3, -0.25) is 19.7 Å². The third kappa shape index (κ3) is 4.84. The minimum atomic E-state index is -1.11. The van der Waals surface area contributed by atoms with Crippen LogP contribution in [-0.2, 0) is 22.7 Å². The van der Waals surface area contributed by atoms with Crippen molar-refractivity contribution in [3.8, 4) is 0 Å². The Morgan fingerprint density at radius 1 is 1.09 bits per heavy atom. The second-order valence-corrected chi connectivity index (χ2v) is 8.82. The number of fused-ring (bicyclic) bond motifs is 1. The molecule has 0 radical (unpaired) electrons. The van der Waals surface area contributed by atoms with Gasteiger partial charge < -0.3 is 15.5 Å². The van der Waals surface area contributed by atoms with Gasteiger partial charge in [-0.05, 0) is 41.7 Å². The molecule has 0 bridgehead atoms. The number of hydrogen-bond donors (Lipinski definition) is 3. The number of halogens is 3. The summed E-state index contributed by atoms with van der Waals surface area (Å²) in [5.74, 6) is -4.54. The first-order chi connectivity index (χ1) is 16.5. The molecule has 0 aromatic heterocycles. The summed E-state index contributed by atoms with van der Waals surface area (Å²) >= 11 is 0. The Morgan fingerprint density at radius 2 is 1.80 bits per heavy atom. The molecule has 2 aliphatic heterocycles. The fraction of sp³-hybridized carbons (Fsp3) is 0.333. The molecule has 0 saturated carbocycles. The average molecular weight is 488 g/mol. The van der Waals surface area contributed by atoms with E-state index in [9.17, 15) is 32.3 Å². The molecule has 3 N–H and O–H groups in total. The van der Waals surface area contributed by atoms with E-state index in [0.717, 1.165) is 12.1 Å². The van der Waals surface area contributed by atoms with E-state index < -0.39 is 47.2 Å². The van der Waals surface area contributed by atoms with Crippen LogP contribution in [0.4, 0.5) is 23.7 Å². The van der Waals surface area contributed by atoms with Crippen LogP contribution in [0, 0.1) is 17.5 Å². The SMILES string of the molecule is CC(C)c1cc(F)c(F)cc1NC(=O)NCc1cc(F)c2c(c1)C(=O)N(C1CCC(=O)NC1=O)C2. The third-order valence-electron chi connectivity index (χ3n) is 6.08. The number of carbonyl (C=O) groups is 4. The summed E-state index contributed by atoms with van der Waals surface area (Å²) in [6, 6.07) is 2.93. The lowest BCUT2D eigenvalue weighted by atomic mass is 10.0. The second-order valence-electron chi connectivity index (χ2n) is 8.82. The Labute approximate surface area is 198 Å². The van der Waals surface area contributed by atoms with E-state index in [2.05, 4.69) is 16.0 Å². The Kier molecular flexibility index (Phi) is 6.51. The number of piperidine rings is 1. The summed E-state index contributed by atoms with van der Waals surface area (Å²) in [5.41, 5.74) is 1.02. The lowest BCUT2D eigenvalue weighted by molar-refractivity contribution is -0.136. The third-order valence-corrected chi connectivity index (χ3v) is 6.08. The summed E-state index contributed by atoms with van der Waals surface area (Å²) in [7, 11) is 0. The molecule has 2 aromatic rings. The highest BCUT2D eigenvalue weighted by Gasteiger charge is 2.40. The molecule has 8 nitrogen and oxygen atoms in total. The smallest absolute Gasteiger partial charge is 0.319 e. The van der Waals surface area contributed by atoms with Crippen LogP contribution in [0.5, 0.6) is 0 Å². The maximum absolute atomic E-state index is 14.8. The predicted molar refractivity (Wildman–Crippen MR) is 119 cm³/mol. The van der Waals surface area contributed by atoms with Gasteiger partial charge >= 0.3 is 6.03 Å². The predicted octanol–water partition coefficient (Wildman–Crippen LogP) is 3.31. The Bertz CT molecular complexity index is 1250. The van der Waals surface area contributed by atoms with Crippen LogP contribution in [0.3, 0.4) is 0 Å². The first kappa shape index (κ1) is 24.2. The van der Waals surface area contributed by atoms with Gasteiger partial charge in [0.05, 0.1) is 6.54 Å². The highest BCUT2D eigenvalue weighted by atomic mass is 19.2. The van der Waals surface area contributed by atoms with Crippen molar-refractivity contribution in [2.45, 2.75) is 51.7 Å². The zero-order chi connectivity index (χ0) is 25.4. The molecule has 2 heterocycles. The Hall–Kier alpha value is -3.89. The van der Waals surface area contributed by atoms with Crippen molar-refractivity contribution >= 4 is 29.4 Å². The van der Waals surface area contributed by atoms with Crippen molar-refractivity contribution in [2.75, 3.05) is 5.32 Å². The lowest BCUT2D eigenvalue weighted by Gasteiger charge is -2.29. The Balaban J connectivity index is 1.45. The van der Waals surface area contributed by atoms with Crippen molar-refractivity contribution in [3.05, 3.63) is 64.0 Å². The maximum Gasteiger partial charge on any atom is 0.319 e. The first-order valence-corrected chi connectivity index (χ1v) is 11.0. The number of urea groups is 1. The van der Waals surface area contributed by atoms with Gasteiger partial charge in [0, 0.05) is 35.8 Å². The van der Waals surface area contributed by atoms with Crippen molar-refractivity contribution in [3.63, 3.8) is 0 Å². The summed E-state index contributed by atoms with van der Waals surface area (Å²) in [5, 5.41) is 7.16. The number of carbonyl (C=O) groups excluding carboxylic acids is 4. The topological polar surface area (TPSA) is 108 Å². The number of nitrogens with one attached hydrogen (secondary N) is 3. The zero-order valence-electron chi connectivity index (χ0n) is 19.0. The first-order valence-electron chi connectivity index (χ1n) is 11.0. The molecule has 35 heavy (non-hydrogen) atoms. The normalized spacial score (nSPS) is 17.5. The van der Waals surface area contributed by atoms with Gasteiger partial charge in [0.25, 0.3) is 5.91 Å². The number of benzene rings is 2. The molecule has 11 heteroatoms. The van der Waals surface area contributed by atoms with E-state index in [1.807, 2.05) is 0 Å². The number of anilines is 1. The van der Waals surface area contributed by atoms with E-state index in [1.54, 1.807) is 13.8 Å². The molecule has 2 aromatic carbocycles. The van der Waals surface area contributed by atoms with E-state index in [4.69, 9.17) is 0 Å². The second kappa shape index (κ2) is 9.40. The van der Waals surface area contributed by atoms with E-state index in [-0.39, 0.29) is 48.7 Å². The molecule has 0 aliphatic carbocycles. The molecule has 1 atom stereocenters. The fourth-order valence-corrected chi connectivity index (χ4v) is 4.27. The van der Waals surface area contributed by atoms with E-state index in [0.29, 0.717) is 11.1 Å². The number of amides is 5. The van der Waals surface area contributed by atoms with Crippen LogP contribution in [0.15, 0.2) is 24.3 Å². The highest BCUT2D eigenvalue weighted by Crippen LogP contribution is 2.30.